The molecule has 0 aliphatic carbocycles. The molecule has 22 heavy (non-hydrogen) atoms. The summed E-state index contributed by atoms with van der Waals surface area (Å²) in [6.07, 6.45) is 2.19. The number of hydrogen-bond donors (Lipinski definition) is 1. The average molecular weight is 316 g/mol. The Kier molecular flexibility index (Phi) is 4.20. The molecule has 2 aromatic rings. The van der Waals surface area contributed by atoms with Gasteiger partial charge in [0.15, 0.2) is 0 Å². The lowest BCUT2D eigenvalue weighted by Gasteiger charge is -2.32. The topological polar surface area (TPSA) is 70.5 Å². The number of carbonyl (C=O) groups is 2. The van der Waals surface area contributed by atoms with Crippen molar-refractivity contribution in [3.63, 3.8) is 0 Å². The second-order valence-electron chi connectivity index (χ2n) is 5.25. The van der Waals surface area contributed by atoms with E-state index in [1.54, 1.807) is 5.38 Å². The van der Waals surface area contributed by atoms with Crippen molar-refractivity contribution < 1.29 is 14.7 Å². The predicted molar refractivity (Wildman–Crippen MR) is 83.9 cm³/mol. The van der Waals surface area contributed by atoms with Crippen molar-refractivity contribution in [2.24, 2.45) is 0 Å². The minimum atomic E-state index is -0.938. The molecule has 1 fully saturated rings. The van der Waals surface area contributed by atoms with E-state index in [1.165, 1.54) is 16.2 Å². The molecule has 1 N–H and O–H groups in total. The highest BCUT2D eigenvalue weighted by Gasteiger charge is 2.33. The summed E-state index contributed by atoms with van der Waals surface area (Å²) in [5, 5.41) is 11.8. The van der Waals surface area contributed by atoms with Crippen LogP contribution in [0.2, 0.25) is 0 Å². The Labute approximate surface area is 132 Å². The third-order valence-corrected chi connectivity index (χ3v) is 4.68. The van der Waals surface area contributed by atoms with Crippen LogP contribution in [0.25, 0.3) is 10.6 Å². The number of piperidine rings is 1. The summed E-state index contributed by atoms with van der Waals surface area (Å²) in [7, 11) is 0. The summed E-state index contributed by atoms with van der Waals surface area (Å²) in [4.78, 5) is 29.7. The number of carbonyl (C=O) groups excluding carboxylic acids is 1. The molecule has 5 nitrogen and oxygen atoms in total. The summed E-state index contributed by atoms with van der Waals surface area (Å²) in [6.45, 7) is 0.480. The van der Waals surface area contributed by atoms with E-state index in [9.17, 15) is 14.7 Å². The van der Waals surface area contributed by atoms with Crippen LogP contribution in [0.4, 0.5) is 0 Å². The molecule has 0 bridgehead atoms. The highest BCUT2D eigenvalue weighted by Crippen LogP contribution is 2.25. The van der Waals surface area contributed by atoms with Crippen molar-refractivity contribution in [2.75, 3.05) is 6.54 Å². The number of carboxylic acids is 1. The highest BCUT2D eigenvalue weighted by molar-refractivity contribution is 7.13. The first-order chi connectivity index (χ1) is 10.7. The van der Waals surface area contributed by atoms with Crippen LogP contribution in [0.5, 0.6) is 0 Å². The Morgan fingerprint density at radius 3 is 2.73 bits per heavy atom. The first kappa shape index (κ1) is 14.7. The molecule has 1 saturated heterocycles. The first-order valence-electron chi connectivity index (χ1n) is 7.21. The minimum Gasteiger partial charge on any atom is -0.480 e. The van der Waals surface area contributed by atoms with E-state index >= 15 is 0 Å². The lowest BCUT2D eigenvalue weighted by atomic mass is 10.0. The van der Waals surface area contributed by atoms with Crippen LogP contribution >= 0.6 is 11.3 Å². The van der Waals surface area contributed by atoms with Gasteiger partial charge in [-0.2, -0.15) is 0 Å². The Balaban J connectivity index is 1.83. The van der Waals surface area contributed by atoms with E-state index in [4.69, 9.17) is 0 Å². The Morgan fingerprint density at radius 1 is 1.23 bits per heavy atom. The van der Waals surface area contributed by atoms with E-state index in [0.717, 1.165) is 23.4 Å². The van der Waals surface area contributed by atoms with Gasteiger partial charge in [-0.05, 0) is 19.3 Å². The van der Waals surface area contributed by atoms with Gasteiger partial charge in [0, 0.05) is 17.5 Å². The Hall–Kier alpha value is -2.21. The fourth-order valence-electron chi connectivity index (χ4n) is 2.66. The predicted octanol–water partition coefficient (Wildman–Crippen LogP) is 2.89. The molecule has 1 atom stereocenters. The van der Waals surface area contributed by atoms with Crippen molar-refractivity contribution in [1.82, 2.24) is 9.88 Å². The summed E-state index contributed by atoms with van der Waals surface area (Å²) in [5.41, 5.74) is 1.29. The van der Waals surface area contributed by atoms with Crippen molar-refractivity contribution in [2.45, 2.75) is 25.3 Å². The SMILES string of the molecule is O=C(O)[C@H]1CCCCN1C(=O)c1csc(-c2ccccc2)n1. The lowest BCUT2D eigenvalue weighted by Crippen LogP contribution is -2.48. The van der Waals surface area contributed by atoms with Crippen LogP contribution in [0, 0.1) is 0 Å². The number of hydrogen-bond acceptors (Lipinski definition) is 4. The molecule has 1 amide bonds. The van der Waals surface area contributed by atoms with Crippen LogP contribution in [0.15, 0.2) is 35.7 Å². The van der Waals surface area contributed by atoms with Crippen molar-refractivity contribution >= 4 is 23.2 Å². The standard InChI is InChI=1S/C16H16N2O3S/c19-15(18-9-5-4-8-13(18)16(20)21)12-10-22-14(17-12)11-6-2-1-3-7-11/h1-3,6-7,10,13H,4-5,8-9H2,(H,20,21)/t13-/m1/s1. The van der Waals surface area contributed by atoms with Crippen LogP contribution in [-0.4, -0.2) is 39.5 Å². The van der Waals surface area contributed by atoms with Crippen molar-refractivity contribution in [1.29, 1.82) is 0 Å². The molecule has 114 valence electrons. The molecule has 1 aromatic carbocycles. The molecule has 6 heteroatoms. The Morgan fingerprint density at radius 2 is 2.00 bits per heavy atom. The second kappa shape index (κ2) is 6.27. The molecule has 1 aliphatic rings. The van der Waals surface area contributed by atoms with Crippen LogP contribution in [0.3, 0.4) is 0 Å². The van der Waals surface area contributed by atoms with Gasteiger partial charge in [-0.25, -0.2) is 9.78 Å². The second-order valence-corrected chi connectivity index (χ2v) is 6.11. The number of nitrogens with zero attached hydrogens (tertiary/aromatic N) is 2. The quantitative estimate of drug-likeness (QED) is 0.945. The smallest absolute Gasteiger partial charge is 0.326 e. The largest absolute Gasteiger partial charge is 0.480 e. The summed E-state index contributed by atoms with van der Waals surface area (Å²) in [6, 6.07) is 8.91. The normalized spacial score (nSPS) is 18.2. The number of aromatic nitrogens is 1. The maximum Gasteiger partial charge on any atom is 0.326 e. The van der Waals surface area contributed by atoms with E-state index in [-0.39, 0.29) is 5.91 Å². The van der Waals surface area contributed by atoms with Crippen molar-refractivity contribution in [3.8, 4) is 10.6 Å². The molecule has 0 saturated carbocycles. The average Bonchev–Trinajstić information content (AvgIpc) is 3.05. The van der Waals surface area contributed by atoms with Gasteiger partial charge in [0.2, 0.25) is 0 Å². The van der Waals surface area contributed by atoms with Gasteiger partial charge in [0.25, 0.3) is 5.91 Å². The van der Waals surface area contributed by atoms with E-state index < -0.39 is 12.0 Å². The zero-order valence-corrected chi connectivity index (χ0v) is 12.8. The van der Waals surface area contributed by atoms with Gasteiger partial charge in [0.1, 0.15) is 16.7 Å². The zero-order valence-electron chi connectivity index (χ0n) is 11.9. The number of amides is 1. The number of rotatable bonds is 3. The zero-order chi connectivity index (χ0) is 15.5. The van der Waals surface area contributed by atoms with Gasteiger partial charge in [-0.15, -0.1) is 11.3 Å². The summed E-state index contributed by atoms with van der Waals surface area (Å²) < 4.78 is 0. The molecular weight excluding hydrogens is 300 g/mol. The van der Waals surface area contributed by atoms with Gasteiger partial charge in [-0.3, -0.25) is 4.79 Å². The van der Waals surface area contributed by atoms with Gasteiger partial charge < -0.3 is 10.0 Å². The van der Waals surface area contributed by atoms with Crippen LogP contribution < -0.4 is 0 Å². The van der Waals surface area contributed by atoms with Gasteiger partial charge in [-0.1, -0.05) is 30.3 Å². The molecule has 0 spiro atoms. The monoisotopic (exact) mass is 316 g/mol. The minimum absolute atomic E-state index is 0.287. The van der Waals surface area contributed by atoms with Crippen LogP contribution in [0.1, 0.15) is 29.8 Å². The number of carboxylic acid groups (broad SMARTS) is 1. The van der Waals surface area contributed by atoms with Gasteiger partial charge in [0.05, 0.1) is 0 Å². The number of likely N-dealkylation sites (tertiary alicyclic amines) is 1. The third kappa shape index (κ3) is 2.87. The number of aliphatic carboxylic acids is 1. The summed E-state index contributed by atoms with van der Waals surface area (Å²) >= 11 is 1.40. The van der Waals surface area contributed by atoms with Gasteiger partial charge >= 0.3 is 5.97 Å². The molecule has 0 radical (unpaired) electrons. The maximum atomic E-state index is 12.6. The Bertz CT molecular complexity index is 684. The fourth-order valence-corrected chi connectivity index (χ4v) is 3.46. The highest BCUT2D eigenvalue weighted by atomic mass is 32.1. The molecular formula is C16H16N2O3S. The number of thiazole rings is 1. The maximum absolute atomic E-state index is 12.6. The van der Waals surface area contributed by atoms with Crippen molar-refractivity contribution in [3.05, 3.63) is 41.4 Å². The molecule has 2 heterocycles. The summed E-state index contributed by atoms with van der Waals surface area (Å²) in [5.74, 6) is -1.22. The molecule has 1 aliphatic heterocycles. The molecule has 1 aromatic heterocycles. The van der Waals surface area contributed by atoms with E-state index in [1.807, 2.05) is 30.3 Å². The number of benzene rings is 1. The third-order valence-electron chi connectivity index (χ3n) is 3.79. The van der Waals surface area contributed by atoms with E-state index in [0.29, 0.717) is 18.7 Å². The fraction of sp³-hybridized carbons (Fsp3) is 0.312. The first-order valence-corrected chi connectivity index (χ1v) is 8.09. The molecule has 0 unspecified atom stereocenters. The molecule has 3 rings (SSSR count). The van der Waals surface area contributed by atoms with Crippen LogP contribution in [-0.2, 0) is 4.79 Å². The van der Waals surface area contributed by atoms with E-state index in [2.05, 4.69) is 4.98 Å². The lowest BCUT2D eigenvalue weighted by molar-refractivity contribution is -0.143.